The summed E-state index contributed by atoms with van der Waals surface area (Å²) in [6.07, 6.45) is 2.65. The number of nitrogens with zero attached hydrogens (tertiary/aromatic N) is 1. The molecule has 2 aromatic rings. The van der Waals surface area contributed by atoms with Crippen molar-refractivity contribution in [3.8, 4) is 0 Å². The molecule has 0 fully saturated rings. The van der Waals surface area contributed by atoms with Gasteiger partial charge in [0, 0.05) is 30.6 Å². The molecule has 0 bridgehead atoms. The van der Waals surface area contributed by atoms with Gasteiger partial charge in [0.2, 0.25) is 0 Å². The van der Waals surface area contributed by atoms with Crippen molar-refractivity contribution in [1.82, 2.24) is 4.57 Å². The van der Waals surface area contributed by atoms with Crippen LogP contribution in [-0.2, 0) is 22.9 Å². The van der Waals surface area contributed by atoms with Crippen molar-refractivity contribution in [2.24, 2.45) is 5.73 Å². The fraction of sp³-hybridized carbons (Fsp3) is 0.429. The molecular weight excluding hydrogens is 260 g/mol. The van der Waals surface area contributed by atoms with E-state index in [1.807, 2.05) is 18.3 Å². The molecule has 1 aromatic heterocycles. The Morgan fingerprint density at radius 2 is 2.05 bits per heavy atom. The highest BCUT2D eigenvalue weighted by Crippen LogP contribution is 2.18. The molecule has 0 radical (unpaired) electrons. The zero-order valence-corrected chi connectivity index (χ0v) is 12.0. The average Bonchev–Trinajstić information content (AvgIpc) is 2.81. The normalized spacial score (nSPS) is 12.1. The minimum atomic E-state index is -2.87. The predicted octanol–water partition coefficient (Wildman–Crippen LogP) is 1.92. The number of aryl methyl sites for hydroxylation is 1. The summed E-state index contributed by atoms with van der Waals surface area (Å²) in [5, 5.41) is 1.16. The van der Waals surface area contributed by atoms with E-state index in [1.54, 1.807) is 6.92 Å². The number of sulfone groups is 1. The molecule has 2 N–H and O–H groups in total. The summed E-state index contributed by atoms with van der Waals surface area (Å²) >= 11 is 0. The molecule has 0 aliphatic heterocycles. The zero-order valence-electron chi connectivity index (χ0n) is 11.2. The van der Waals surface area contributed by atoms with E-state index in [1.165, 1.54) is 0 Å². The lowest BCUT2D eigenvalue weighted by Gasteiger charge is -2.06. The quantitative estimate of drug-likeness (QED) is 0.879. The van der Waals surface area contributed by atoms with Gasteiger partial charge in [0.25, 0.3) is 0 Å². The van der Waals surface area contributed by atoms with Crippen LogP contribution in [0.3, 0.4) is 0 Å². The maximum atomic E-state index is 11.5. The molecule has 0 saturated carbocycles. The largest absolute Gasteiger partial charge is 0.347 e. The first kappa shape index (κ1) is 14.1. The molecule has 4 nitrogen and oxygen atoms in total. The number of fused-ring (bicyclic) bond motifs is 1. The van der Waals surface area contributed by atoms with Gasteiger partial charge in [-0.3, -0.25) is 0 Å². The summed E-state index contributed by atoms with van der Waals surface area (Å²) in [6, 6.07) is 8.19. The van der Waals surface area contributed by atoms with Gasteiger partial charge in [-0.1, -0.05) is 19.1 Å². The molecule has 19 heavy (non-hydrogen) atoms. The van der Waals surface area contributed by atoms with E-state index >= 15 is 0 Å². The third-order valence-corrected chi connectivity index (χ3v) is 5.16. The Bertz CT molecular complexity index is 659. The Kier molecular flexibility index (Phi) is 4.27. The van der Waals surface area contributed by atoms with E-state index in [9.17, 15) is 8.42 Å². The average molecular weight is 280 g/mol. The summed E-state index contributed by atoms with van der Waals surface area (Å²) in [5.41, 5.74) is 7.86. The van der Waals surface area contributed by atoms with Gasteiger partial charge in [0.15, 0.2) is 0 Å². The van der Waals surface area contributed by atoms with Crippen molar-refractivity contribution in [3.05, 3.63) is 36.0 Å². The van der Waals surface area contributed by atoms with Crippen molar-refractivity contribution in [1.29, 1.82) is 0 Å². The Morgan fingerprint density at radius 1 is 1.26 bits per heavy atom. The van der Waals surface area contributed by atoms with Gasteiger partial charge >= 0.3 is 0 Å². The number of aromatic nitrogens is 1. The number of hydrogen-bond acceptors (Lipinski definition) is 3. The molecule has 0 aliphatic carbocycles. The first-order valence-corrected chi connectivity index (χ1v) is 8.36. The summed E-state index contributed by atoms with van der Waals surface area (Å²) in [7, 11) is -2.87. The van der Waals surface area contributed by atoms with E-state index in [-0.39, 0.29) is 11.5 Å². The molecule has 2 rings (SSSR count). The molecule has 0 aliphatic rings. The summed E-state index contributed by atoms with van der Waals surface area (Å²) in [6.45, 7) is 2.93. The second kappa shape index (κ2) is 5.75. The molecule has 0 amide bonds. The van der Waals surface area contributed by atoms with E-state index in [0.29, 0.717) is 13.0 Å². The van der Waals surface area contributed by atoms with Crippen molar-refractivity contribution in [3.63, 3.8) is 0 Å². The molecule has 0 atom stereocenters. The number of nitrogens with two attached hydrogens (primary N) is 1. The minimum Gasteiger partial charge on any atom is -0.347 e. The van der Waals surface area contributed by atoms with Crippen LogP contribution >= 0.6 is 0 Å². The molecule has 5 heteroatoms. The molecule has 1 heterocycles. The lowest BCUT2D eigenvalue weighted by Crippen LogP contribution is -2.11. The van der Waals surface area contributed by atoms with Crippen LogP contribution in [0, 0.1) is 0 Å². The lowest BCUT2D eigenvalue weighted by atomic mass is 10.1. The van der Waals surface area contributed by atoms with Gasteiger partial charge < -0.3 is 10.3 Å². The van der Waals surface area contributed by atoms with Crippen LogP contribution < -0.4 is 5.73 Å². The van der Waals surface area contributed by atoms with E-state index in [2.05, 4.69) is 16.7 Å². The monoisotopic (exact) mass is 280 g/mol. The zero-order chi connectivity index (χ0) is 13.9. The Balaban J connectivity index is 2.12. The van der Waals surface area contributed by atoms with Crippen molar-refractivity contribution in [2.45, 2.75) is 26.4 Å². The van der Waals surface area contributed by atoms with Crippen LogP contribution in [0.15, 0.2) is 30.5 Å². The fourth-order valence-electron chi connectivity index (χ4n) is 2.15. The highest BCUT2D eigenvalue weighted by Gasteiger charge is 2.08. The third-order valence-electron chi connectivity index (χ3n) is 3.37. The summed E-state index contributed by atoms with van der Waals surface area (Å²) in [4.78, 5) is 0. The van der Waals surface area contributed by atoms with Crippen LogP contribution in [0.5, 0.6) is 0 Å². The van der Waals surface area contributed by atoms with Gasteiger partial charge in [-0.25, -0.2) is 8.42 Å². The summed E-state index contributed by atoms with van der Waals surface area (Å²) < 4.78 is 25.0. The van der Waals surface area contributed by atoms with Gasteiger partial charge in [0.1, 0.15) is 9.84 Å². The van der Waals surface area contributed by atoms with Crippen LogP contribution in [0.4, 0.5) is 0 Å². The minimum absolute atomic E-state index is 0.219. The molecule has 0 unspecified atom stereocenters. The van der Waals surface area contributed by atoms with E-state index in [4.69, 9.17) is 5.73 Å². The van der Waals surface area contributed by atoms with Gasteiger partial charge in [-0.05, 0) is 29.5 Å². The first-order chi connectivity index (χ1) is 9.05. The highest BCUT2D eigenvalue weighted by molar-refractivity contribution is 7.91. The lowest BCUT2D eigenvalue weighted by molar-refractivity contribution is 0.589. The van der Waals surface area contributed by atoms with Crippen molar-refractivity contribution >= 4 is 20.7 Å². The van der Waals surface area contributed by atoms with Crippen molar-refractivity contribution < 1.29 is 8.42 Å². The Labute approximate surface area is 114 Å². The number of rotatable bonds is 6. The standard InChI is InChI=1S/C14H20N2O2S/c1-2-19(17,18)9-3-7-16-8-6-13-5-4-12(11-15)10-14(13)16/h4-6,8,10H,2-3,7,9,11,15H2,1H3. The molecule has 1 aromatic carbocycles. The summed E-state index contributed by atoms with van der Waals surface area (Å²) in [5.74, 6) is 0.469. The van der Waals surface area contributed by atoms with Gasteiger partial charge in [0.05, 0.1) is 5.75 Å². The second-order valence-corrected chi connectivity index (χ2v) is 7.17. The van der Waals surface area contributed by atoms with Crippen LogP contribution in [-0.4, -0.2) is 24.5 Å². The van der Waals surface area contributed by atoms with Crippen LogP contribution in [0.25, 0.3) is 10.9 Å². The topological polar surface area (TPSA) is 65.1 Å². The van der Waals surface area contributed by atoms with Crippen LogP contribution in [0.1, 0.15) is 18.9 Å². The molecule has 104 valence electrons. The Hall–Kier alpha value is -1.33. The molecule has 0 saturated heterocycles. The highest BCUT2D eigenvalue weighted by atomic mass is 32.2. The maximum Gasteiger partial charge on any atom is 0.150 e. The van der Waals surface area contributed by atoms with Crippen molar-refractivity contribution in [2.75, 3.05) is 11.5 Å². The van der Waals surface area contributed by atoms with Gasteiger partial charge in [-0.15, -0.1) is 0 Å². The Morgan fingerprint density at radius 3 is 2.74 bits per heavy atom. The van der Waals surface area contributed by atoms with Gasteiger partial charge in [-0.2, -0.15) is 0 Å². The molecule has 0 spiro atoms. The van der Waals surface area contributed by atoms with E-state index < -0.39 is 9.84 Å². The third kappa shape index (κ3) is 3.36. The number of benzene rings is 1. The number of hydrogen-bond donors (Lipinski definition) is 1. The SMILES string of the molecule is CCS(=O)(=O)CCCn1ccc2ccc(CN)cc21. The first-order valence-electron chi connectivity index (χ1n) is 6.54. The maximum absolute atomic E-state index is 11.5. The van der Waals surface area contributed by atoms with Crippen LogP contribution in [0.2, 0.25) is 0 Å². The second-order valence-electron chi connectivity index (χ2n) is 4.70. The van der Waals surface area contributed by atoms with E-state index in [0.717, 1.165) is 23.0 Å². The predicted molar refractivity (Wildman–Crippen MR) is 78.8 cm³/mol. The fourth-order valence-corrected chi connectivity index (χ4v) is 3.01. The smallest absolute Gasteiger partial charge is 0.150 e. The molecular formula is C14H20N2O2S.